The minimum absolute atomic E-state index is 0.208. The largest absolute Gasteiger partial charge is 0.494 e. The average Bonchev–Trinajstić information content (AvgIpc) is 2.97. The van der Waals surface area contributed by atoms with Crippen LogP contribution in [0.3, 0.4) is 0 Å². The molecule has 0 aliphatic carbocycles. The maximum atomic E-state index is 11.1. The van der Waals surface area contributed by atoms with Crippen LogP contribution in [-0.4, -0.2) is 27.1 Å². The topological polar surface area (TPSA) is 88.5 Å². The quantitative estimate of drug-likeness (QED) is 0.475. The molecule has 2 aromatic heterocycles. The Balaban J connectivity index is 1.82. The van der Waals surface area contributed by atoms with Gasteiger partial charge in [0.1, 0.15) is 11.4 Å². The predicted octanol–water partition coefficient (Wildman–Crippen LogP) is 4.56. The second-order valence-corrected chi connectivity index (χ2v) is 5.78. The highest BCUT2D eigenvalue weighted by atomic mass is 16.5. The van der Waals surface area contributed by atoms with Gasteiger partial charge in [-0.3, -0.25) is 9.20 Å². The first kappa shape index (κ1) is 17.6. The van der Waals surface area contributed by atoms with Gasteiger partial charge in [0.05, 0.1) is 24.4 Å². The summed E-state index contributed by atoms with van der Waals surface area (Å²) in [6.07, 6.45) is 3.68. The second kappa shape index (κ2) is 8.24. The highest BCUT2D eigenvalue weighted by molar-refractivity contribution is 5.72. The number of unbranched alkanes of at least 4 members (excludes halogenated alkanes) is 1. The number of carbonyl (C=O) groups is 1. The van der Waals surface area contributed by atoms with E-state index in [-0.39, 0.29) is 6.42 Å². The van der Waals surface area contributed by atoms with Gasteiger partial charge in [0.15, 0.2) is 5.82 Å². The van der Waals surface area contributed by atoms with Crippen LogP contribution in [0.1, 0.15) is 25.5 Å². The van der Waals surface area contributed by atoms with Gasteiger partial charge >= 0.3 is 5.97 Å². The van der Waals surface area contributed by atoms with Gasteiger partial charge in [0, 0.05) is 6.20 Å². The fourth-order valence-electron chi connectivity index (χ4n) is 2.45. The summed E-state index contributed by atoms with van der Waals surface area (Å²) in [5.41, 5.74) is 1.67. The van der Waals surface area contributed by atoms with Crippen molar-refractivity contribution in [1.82, 2.24) is 9.38 Å². The third-order valence-corrected chi connectivity index (χ3v) is 3.76. The normalized spacial score (nSPS) is 11.3. The zero-order valence-electron chi connectivity index (χ0n) is 14.5. The Hall–Kier alpha value is -3.22. The van der Waals surface area contributed by atoms with E-state index in [1.807, 2.05) is 36.4 Å². The number of fused-ring (bicyclic) bond motifs is 1. The number of benzene rings is 1. The summed E-state index contributed by atoms with van der Waals surface area (Å²) < 4.78 is 7.35. The summed E-state index contributed by atoms with van der Waals surface area (Å²) in [6, 6.07) is 12.8. The van der Waals surface area contributed by atoms with Crippen LogP contribution < -0.4 is 4.74 Å². The molecule has 0 fully saturated rings. The summed E-state index contributed by atoms with van der Waals surface area (Å²) in [4.78, 5) is 15.4. The molecule has 0 amide bonds. The van der Waals surface area contributed by atoms with Crippen molar-refractivity contribution in [1.29, 1.82) is 0 Å². The number of aromatic nitrogens is 2. The number of nitrogens with zero attached hydrogens (tertiary/aromatic N) is 4. The van der Waals surface area contributed by atoms with Crippen LogP contribution >= 0.6 is 0 Å². The van der Waals surface area contributed by atoms with Crippen molar-refractivity contribution in [2.75, 3.05) is 6.61 Å². The van der Waals surface area contributed by atoms with E-state index in [2.05, 4.69) is 22.1 Å². The Bertz CT molecular complexity index is 916. The molecular weight excluding hydrogens is 332 g/mol. The number of rotatable bonds is 8. The molecule has 1 aromatic carbocycles. The van der Waals surface area contributed by atoms with Crippen molar-refractivity contribution < 1.29 is 14.6 Å². The zero-order valence-corrected chi connectivity index (χ0v) is 14.5. The number of carboxylic acids is 1. The number of imidazole rings is 1. The first-order valence-electron chi connectivity index (χ1n) is 8.49. The van der Waals surface area contributed by atoms with Gasteiger partial charge in [0.2, 0.25) is 0 Å². The predicted molar refractivity (Wildman–Crippen MR) is 97.6 cm³/mol. The van der Waals surface area contributed by atoms with Crippen LogP contribution in [0.2, 0.25) is 0 Å². The number of carboxylic acid groups (broad SMARTS) is 1. The van der Waals surface area contributed by atoms with Crippen LogP contribution in [0, 0.1) is 0 Å². The molecular formula is C19H20N4O3. The van der Waals surface area contributed by atoms with Crippen LogP contribution in [0.15, 0.2) is 58.9 Å². The first-order chi connectivity index (χ1) is 12.7. The fraction of sp³-hybridized carbons (Fsp3) is 0.263. The minimum atomic E-state index is -0.960. The number of ether oxygens (including phenoxy) is 1. The fourth-order valence-corrected chi connectivity index (χ4v) is 2.45. The Morgan fingerprint density at radius 3 is 2.73 bits per heavy atom. The summed E-state index contributed by atoms with van der Waals surface area (Å²) in [5.74, 6) is 0.253. The molecule has 0 aliphatic heterocycles. The lowest BCUT2D eigenvalue weighted by Crippen LogP contribution is -2.00. The first-order valence-corrected chi connectivity index (χ1v) is 8.49. The number of pyridine rings is 1. The van der Waals surface area contributed by atoms with Gasteiger partial charge in [-0.2, -0.15) is 0 Å². The lowest BCUT2D eigenvalue weighted by atomic mass is 10.3. The van der Waals surface area contributed by atoms with Gasteiger partial charge in [0.25, 0.3) is 0 Å². The monoisotopic (exact) mass is 352 g/mol. The number of hydrogen-bond acceptors (Lipinski definition) is 5. The summed E-state index contributed by atoms with van der Waals surface area (Å²) in [6.45, 7) is 2.81. The summed E-state index contributed by atoms with van der Waals surface area (Å²) in [7, 11) is 0. The van der Waals surface area contributed by atoms with Gasteiger partial charge in [-0.05, 0) is 42.8 Å². The standard InChI is InChI=1S/C19H20N4O3/c1-2-3-12-26-15-9-7-14(8-10-15)21-22-19-16(13-18(24)25)20-17-6-4-5-11-23(17)19/h4-11H,2-3,12-13H2,1H3,(H,24,25). The van der Waals surface area contributed by atoms with Crippen molar-refractivity contribution in [2.45, 2.75) is 26.2 Å². The van der Waals surface area contributed by atoms with Gasteiger partial charge in [-0.1, -0.05) is 19.4 Å². The molecule has 3 aromatic rings. The van der Waals surface area contributed by atoms with E-state index < -0.39 is 5.97 Å². The summed E-state index contributed by atoms with van der Waals surface area (Å²) in [5, 5.41) is 17.5. The molecule has 26 heavy (non-hydrogen) atoms. The lowest BCUT2D eigenvalue weighted by molar-refractivity contribution is -0.136. The van der Waals surface area contributed by atoms with Crippen molar-refractivity contribution in [3.63, 3.8) is 0 Å². The molecule has 0 saturated heterocycles. The molecule has 7 nitrogen and oxygen atoms in total. The second-order valence-electron chi connectivity index (χ2n) is 5.78. The third-order valence-electron chi connectivity index (χ3n) is 3.76. The Morgan fingerprint density at radius 1 is 1.19 bits per heavy atom. The molecule has 0 bridgehead atoms. The van der Waals surface area contributed by atoms with Gasteiger partial charge in [-0.25, -0.2) is 4.98 Å². The molecule has 1 N–H and O–H groups in total. The molecule has 7 heteroatoms. The van der Waals surface area contributed by atoms with E-state index in [1.165, 1.54) is 0 Å². The van der Waals surface area contributed by atoms with Gasteiger partial charge in [-0.15, -0.1) is 10.2 Å². The SMILES string of the molecule is CCCCOc1ccc(N=Nc2c(CC(=O)O)nc3ccccn23)cc1. The smallest absolute Gasteiger partial charge is 0.309 e. The summed E-state index contributed by atoms with van der Waals surface area (Å²) >= 11 is 0. The van der Waals surface area contributed by atoms with E-state index >= 15 is 0 Å². The Labute approximate surface area is 151 Å². The Kier molecular flexibility index (Phi) is 5.58. The molecule has 0 unspecified atom stereocenters. The highest BCUT2D eigenvalue weighted by Gasteiger charge is 2.14. The van der Waals surface area contributed by atoms with Crippen LogP contribution in [-0.2, 0) is 11.2 Å². The van der Waals surface area contributed by atoms with Crippen LogP contribution in [0.4, 0.5) is 11.5 Å². The number of hydrogen-bond donors (Lipinski definition) is 1. The molecule has 0 spiro atoms. The molecule has 0 aliphatic rings. The van der Waals surface area contributed by atoms with E-state index in [0.717, 1.165) is 18.6 Å². The van der Waals surface area contributed by atoms with Crippen molar-refractivity contribution >= 4 is 23.1 Å². The van der Waals surface area contributed by atoms with E-state index in [9.17, 15) is 4.79 Å². The maximum Gasteiger partial charge on any atom is 0.309 e. The Morgan fingerprint density at radius 2 is 2.00 bits per heavy atom. The third kappa shape index (κ3) is 4.24. The van der Waals surface area contributed by atoms with Crippen LogP contribution in [0.25, 0.3) is 5.65 Å². The number of aliphatic carboxylic acids is 1. The van der Waals surface area contributed by atoms with Crippen molar-refractivity contribution in [2.24, 2.45) is 10.2 Å². The molecule has 0 atom stereocenters. The molecule has 134 valence electrons. The molecule has 0 radical (unpaired) electrons. The zero-order chi connectivity index (χ0) is 18.4. The van der Waals surface area contributed by atoms with Crippen molar-refractivity contribution in [3.8, 4) is 5.75 Å². The van der Waals surface area contributed by atoms with Crippen molar-refractivity contribution in [3.05, 3.63) is 54.4 Å². The van der Waals surface area contributed by atoms with Crippen LogP contribution in [0.5, 0.6) is 5.75 Å². The minimum Gasteiger partial charge on any atom is -0.494 e. The average molecular weight is 352 g/mol. The maximum absolute atomic E-state index is 11.1. The highest BCUT2D eigenvalue weighted by Crippen LogP contribution is 2.25. The van der Waals surface area contributed by atoms with Gasteiger partial charge < -0.3 is 9.84 Å². The molecule has 3 rings (SSSR count). The molecule has 2 heterocycles. The van der Waals surface area contributed by atoms with E-state index in [0.29, 0.717) is 29.5 Å². The number of azo groups is 1. The van der Waals surface area contributed by atoms with E-state index in [1.54, 1.807) is 16.7 Å². The van der Waals surface area contributed by atoms with E-state index in [4.69, 9.17) is 9.84 Å². The lowest BCUT2D eigenvalue weighted by Gasteiger charge is -2.04. The molecule has 0 saturated carbocycles.